The van der Waals surface area contributed by atoms with Crippen LogP contribution in [0.15, 0.2) is 42.6 Å². The first-order chi connectivity index (χ1) is 15.4. The van der Waals surface area contributed by atoms with E-state index in [2.05, 4.69) is 20.5 Å². The van der Waals surface area contributed by atoms with Crippen LogP contribution in [-0.2, 0) is 9.59 Å². The van der Waals surface area contributed by atoms with Gasteiger partial charge in [0.15, 0.2) is 0 Å². The van der Waals surface area contributed by atoms with E-state index in [1.807, 2.05) is 41.1 Å². The van der Waals surface area contributed by atoms with Crippen molar-refractivity contribution in [3.8, 4) is 0 Å². The smallest absolute Gasteiger partial charge is 0.256 e. The van der Waals surface area contributed by atoms with Gasteiger partial charge in [-0.15, -0.1) is 0 Å². The van der Waals surface area contributed by atoms with E-state index >= 15 is 0 Å². The Hall–Kier alpha value is -3.50. The van der Waals surface area contributed by atoms with Crippen LogP contribution in [0.4, 0.5) is 11.5 Å². The lowest BCUT2D eigenvalue weighted by molar-refractivity contribution is -0.121. The van der Waals surface area contributed by atoms with E-state index in [4.69, 9.17) is 5.73 Å². The topological polar surface area (TPSA) is 124 Å². The molecule has 4 rings (SSSR count). The number of amides is 3. The molecule has 1 aromatic heterocycles. The number of benzene rings is 1. The molecule has 0 aliphatic carbocycles. The minimum atomic E-state index is -0.341. The van der Waals surface area contributed by atoms with Gasteiger partial charge in [-0.3, -0.25) is 24.2 Å². The van der Waals surface area contributed by atoms with Crippen LogP contribution in [0.5, 0.6) is 0 Å². The van der Waals surface area contributed by atoms with Crippen LogP contribution in [0, 0.1) is 0 Å². The van der Waals surface area contributed by atoms with Gasteiger partial charge in [-0.25, -0.2) is 4.98 Å². The Bertz CT molecular complexity index is 1000. The second-order valence-corrected chi connectivity index (χ2v) is 8.05. The van der Waals surface area contributed by atoms with Crippen LogP contribution >= 0.6 is 0 Å². The van der Waals surface area contributed by atoms with Crippen LogP contribution in [0.3, 0.4) is 0 Å². The van der Waals surface area contributed by atoms with Crippen molar-refractivity contribution < 1.29 is 14.4 Å². The summed E-state index contributed by atoms with van der Waals surface area (Å²) in [6, 6.07) is 10.9. The minimum absolute atomic E-state index is 0.0951. The highest BCUT2D eigenvalue weighted by Crippen LogP contribution is 2.30. The lowest BCUT2D eigenvalue weighted by Gasteiger charge is -2.35. The Balaban J connectivity index is 1.32. The van der Waals surface area contributed by atoms with E-state index in [1.54, 1.807) is 18.3 Å². The van der Waals surface area contributed by atoms with Crippen molar-refractivity contribution in [1.29, 1.82) is 0 Å². The summed E-state index contributed by atoms with van der Waals surface area (Å²) in [6.07, 6.45) is 1.33. The van der Waals surface area contributed by atoms with Crippen molar-refractivity contribution in [1.82, 2.24) is 20.1 Å². The summed E-state index contributed by atoms with van der Waals surface area (Å²) in [7, 11) is 1.88. The van der Waals surface area contributed by atoms with Gasteiger partial charge in [-0.1, -0.05) is 12.1 Å². The maximum absolute atomic E-state index is 12.4. The number of aromatic nitrogens is 1. The molecule has 0 saturated carbocycles. The van der Waals surface area contributed by atoms with Crippen LogP contribution in [0.1, 0.15) is 22.1 Å². The zero-order chi connectivity index (χ0) is 22.7. The largest absolute Gasteiger partial charge is 0.369 e. The lowest BCUT2D eigenvalue weighted by atomic mass is 10.1. The first-order valence-electron chi connectivity index (χ1n) is 10.5. The Morgan fingerprint density at radius 2 is 1.75 bits per heavy atom. The van der Waals surface area contributed by atoms with Gasteiger partial charge in [0.1, 0.15) is 12.0 Å². The average Bonchev–Trinajstić information content (AvgIpc) is 2.78. The predicted molar refractivity (Wildman–Crippen MR) is 120 cm³/mol. The van der Waals surface area contributed by atoms with Gasteiger partial charge in [-0.05, 0) is 29.8 Å². The Kier molecular flexibility index (Phi) is 6.33. The summed E-state index contributed by atoms with van der Waals surface area (Å²) in [5.74, 6) is 0.0421. The van der Waals surface area contributed by atoms with Gasteiger partial charge in [0, 0.05) is 45.1 Å². The number of nitrogens with one attached hydrogen (secondary N) is 2. The molecular formula is C22H27N7O3. The van der Waals surface area contributed by atoms with Crippen molar-refractivity contribution in [2.75, 3.05) is 56.5 Å². The molecular weight excluding hydrogens is 410 g/mol. The number of carbonyl (C=O) groups excluding carboxylic acids is 3. The zero-order valence-electron chi connectivity index (χ0n) is 18.0. The number of piperazine rings is 1. The van der Waals surface area contributed by atoms with Gasteiger partial charge in [-0.2, -0.15) is 0 Å². The molecule has 10 heteroatoms. The quantitative estimate of drug-likeness (QED) is 0.581. The first kappa shape index (κ1) is 21.7. The second kappa shape index (κ2) is 9.33. The molecule has 3 amide bonds. The van der Waals surface area contributed by atoms with Crippen molar-refractivity contribution in [3.05, 3.63) is 53.7 Å². The van der Waals surface area contributed by atoms with Crippen LogP contribution in [-0.4, -0.2) is 78.8 Å². The highest BCUT2D eigenvalue weighted by molar-refractivity contribution is 6.01. The molecule has 4 N–H and O–H groups in total. The van der Waals surface area contributed by atoms with E-state index < -0.39 is 0 Å². The molecule has 0 radical (unpaired) electrons. The molecule has 0 bridgehead atoms. The average molecular weight is 438 g/mol. The minimum Gasteiger partial charge on any atom is -0.369 e. The molecule has 168 valence electrons. The van der Waals surface area contributed by atoms with Crippen molar-refractivity contribution >= 4 is 29.2 Å². The number of hydrogen-bond acceptors (Lipinski definition) is 7. The van der Waals surface area contributed by atoms with Gasteiger partial charge in [0.05, 0.1) is 18.7 Å². The number of primary amides is 1. The standard InChI is InChI=1S/C22H27N7O3/c1-27-20(26-22(32)17-3-2-8-24-21(17)27)15-4-6-16(7-5-15)25-19(31)14-29-11-9-28(10-12-29)13-18(23)30/h2-8,20H,9-14H2,1H3,(H2,23,30)(H,25,31)(H,26,32). The number of carbonyl (C=O) groups is 3. The second-order valence-electron chi connectivity index (χ2n) is 8.05. The van der Waals surface area contributed by atoms with Crippen LogP contribution in [0.2, 0.25) is 0 Å². The van der Waals surface area contributed by atoms with Gasteiger partial charge in [0.25, 0.3) is 5.91 Å². The number of anilines is 2. The van der Waals surface area contributed by atoms with Crippen molar-refractivity contribution in [2.24, 2.45) is 5.73 Å². The van der Waals surface area contributed by atoms with Crippen molar-refractivity contribution in [2.45, 2.75) is 6.17 Å². The number of nitrogens with two attached hydrogens (primary N) is 1. The monoisotopic (exact) mass is 437 g/mol. The Labute approximate surface area is 186 Å². The fourth-order valence-corrected chi connectivity index (χ4v) is 4.06. The summed E-state index contributed by atoms with van der Waals surface area (Å²) in [5, 5.41) is 5.91. The van der Waals surface area contributed by atoms with Crippen LogP contribution in [0.25, 0.3) is 0 Å². The molecule has 32 heavy (non-hydrogen) atoms. The maximum atomic E-state index is 12.4. The molecule has 1 unspecified atom stereocenters. The fourth-order valence-electron chi connectivity index (χ4n) is 4.06. The van der Waals surface area contributed by atoms with Gasteiger partial charge >= 0.3 is 0 Å². The van der Waals surface area contributed by atoms with E-state index in [-0.39, 0.29) is 37.0 Å². The lowest BCUT2D eigenvalue weighted by Crippen LogP contribution is -2.50. The SMILES string of the molecule is CN1c2ncccc2C(=O)NC1c1ccc(NC(=O)CN2CCN(CC(N)=O)CC2)cc1. The van der Waals surface area contributed by atoms with Gasteiger partial charge in [0.2, 0.25) is 11.8 Å². The van der Waals surface area contributed by atoms with E-state index in [0.29, 0.717) is 43.2 Å². The molecule has 1 aromatic carbocycles. The molecule has 2 aromatic rings. The summed E-state index contributed by atoms with van der Waals surface area (Å²) >= 11 is 0. The van der Waals surface area contributed by atoms with E-state index in [1.165, 1.54) is 0 Å². The Morgan fingerprint density at radius 1 is 1.09 bits per heavy atom. The summed E-state index contributed by atoms with van der Waals surface area (Å²) in [6.45, 7) is 3.39. The number of rotatable bonds is 6. The molecule has 2 aliphatic rings. The molecule has 1 atom stereocenters. The third kappa shape index (κ3) is 4.87. The van der Waals surface area contributed by atoms with Crippen molar-refractivity contribution in [3.63, 3.8) is 0 Å². The predicted octanol–water partition coefficient (Wildman–Crippen LogP) is 0.00140. The number of pyridine rings is 1. The Morgan fingerprint density at radius 3 is 2.41 bits per heavy atom. The number of nitrogens with zero attached hydrogens (tertiary/aromatic N) is 4. The fraction of sp³-hybridized carbons (Fsp3) is 0.364. The molecule has 3 heterocycles. The third-order valence-electron chi connectivity index (χ3n) is 5.74. The summed E-state index contributed by atoms with van der Waals surface area (Å²) < 4.78 is 0. The highest BCUT2D eigenvalue weighted by Gasteiger charge is 2.30. The summed E-state index contributed by atoms with van der Waals surface area (Å²) in [4.78, 5) is 46.2. The molecule has 10 nitrogen and oxygen atoms in total. The maximum Gasteiger partial charge on any atom is 0.256 e. The molecule has 1 fully saturated rings. The molecule has 2 aliphatic heterocycles. The first-order valence-corrected chi connectivity index (χ1v) is 10.5. The van der Waals surface area contributed by atoms with Gasteiger partial charge < -0.3 is 21.3 Å². The number of hydrogen-bond donors (Lipinski definition) is 3. The van der Waals surface area contributed by atoms with Crippen LogP contribution < -0.4 is 21.3 Å². The van der Waals surface area contributed by atoms with E-state index in [0.717, 1.165) is 5.56 Å². The summed E-state index contributed by atoms with van der Waals surface area (Å²) in [5.41, 5.74) is 7.36. The molecule has 0 spiro atoms. The highest BCUT2D eigenvalue weighted by atomic mass is 16.2. The molecule has 1 saturated heterocycles. The zero-order valence-corrected chi connectivity index (χ0v) is 18.0. The van der Waals surface area contributed by atoms with E-state index in [9.17, 15) is 14.4 Å². The normalized spacial score (nSPS) is 19.2. The number of fused-ring (bicyclic) bond motifs is 1. The third-order valence-corrected chi connectivity index (χ3v) is 5.74.